The molecule has 1 aliphatic rings. The van der Waals surface area contributed by atoms with Gasteiger partial charge < -0.3 is 10.0 Å². The molecule has 1 unspecified atom stereocenters. The fourth-order valence-electron chi connectivity index (χ4n) is 2.61. The molecule has 0 heterocycles. The van der Waals surface area contributed by atoms with Gasteiger partial charge in [-0.25, -0.2) is 0 Å². The van der Waals surface area contributed by atoms with Gasteiger partial charge in [0.15, 0.2) is 0 Å². The number of carbonyl (C=O) groups is 1. The average Bonchev–Trinajstić information content (AvgIpc) is 2.97. The summed E-state index contributed by atoms with van der Waals surface area (Å²) in [5, 5.41) is 9.14. The second kappa shape index (κ2) is 7.85. The van der Waals surface area contributed by atoms with Gasteiger partial charge in [-0.2, -0.15) is 0 Å². The minimum atomic E-state index is 0.0288. The molecule has 0 bridgehead atoms. The lowest BCUT2D eigenvalue weighted by Crippen LogP contribution is -2.36. The van der Waals surface area contributed by atoms with E-state index in [4.69, 9.17) is 5.11 Å². The number of aliphatic hydroxyl groups is 1. The van der Waals surface area contributed by atoms with Crippen LogP contribution in [0.4, 0.5) is 0 Å². The van der Waals surface area contributed by atoms with E-state index in [1.165, 1.54) is 5.56 Å². The lowest BCUT2D eigenvalue weighted by atomic mass is 10.0. The summed E-state index contributed by atoms with van der Waals surface area (Å²) in [6.45, 7) is 1.14. The van der Waals surface area contributed by atoms with Crippen molar-refractivity contribution in [3.8, 4) is 0 Å². The number of benzene rings is 1. The molecule has 0 spiro atoms. The monoisotopic (exact) mass is 273 g/mol. The van der Waals surface area contributed by atoms with Crippen LogP contribution in [0.15, 0.2) is 42.5 Å². The summed E-state index contributed by atoms with van der Waals surface area (Å²) in [4.78, 5) is 14.1. The fraction of sp³-hybridized carbons (Fsp3) is 0.471. The summed E-state index contributed by atoms with van der Waals surface area (Å²) in [5.41, 5.74) is 1.23. The molecule has 0 radical (unpaired) electrons. The van der Waals surface area contributed by atoms with Gasteiger partial charge >= 0.3 is 0 Å². The number of hydrogen-bond donors (Lipinski definition) is 1. The van der Waals surface area contributed by atoms with Gasteiger partial charge in [0.25, 0.3) is 0 Å². The Morgan fingerprint density at radius 1 is 1.25 bits per heavy atom. The van der Waals surface area contributed by atoms with Crippen LogP contribution in [-0.4, -0.2) is 35.6 Å². The van der Waals surface area contributed by atoms with Crippen molar-refractivity contribution in [2.45, 2.75) is 25.7 Å². The third kappa shape index (κ3) is 4.49. The van der Waals surface area contributed by atoms with Crippen molar-refractivity contribution in [3.63, 3.8) is 0 Å². The molecule has 1 aromatic rings. The first-order chi connectivity index (χ1) is 9.79. The topological polar surface area (TPSA) is 40.5 Å². The van der Waals surface area contributed by atoms with Crippen LogP contribution in [0.1, 0.15) is 24.8 Å². The number of rotatable bonds is 7. The molecule has 1 amide bonds. The standard InChI is InChI=1S/C17H23NO2/c19-13-12-18(11-10-15-6-2-1-3-7-15)17(20)14-16-8-4-5-9-16/h1-4,6-8,16,19H,5,9-14H2. The lowest BCUT2D eigenvalue weighted by Gasteiger charge is -2.23. The molecular weight excluding hydrogens is 250 g/mol. The summed E-state index contributed by atoms with van der Waals surface area (Å²) in [5.74, 6) is 0.548. The van der Waals surface area contributed by atoms with E-state index in [0.29, 0.717) is 25.4 Å². The Kier molecular flexibility index (Phi) is 5.81. The van der Waals surface area contributed by atoms with Crippen LogP contribution < -0.4 is 0 Å². The van der Waals surface area contributed by atoms with Crippen LogP contribution in [0.25, 0.3) is 0 Å². The lowest BCUT2D eigenvalue weighted by molar-refractivity contribution is -0.132. The largest absolute Gasteiger partial charge is 0.395 e. The molecule has 1 aromatic carbocycles. The average molecular weight is 273 g/mol. The predicted octanol–water partition coefficient (Wildman–Crippen LogP) is 2.41. The minimum absolute atomic E-state index is 0.0288. The Morgan fingerprint density at radius 3 is 2.70 bits per heavy atom. The molecule has 1 atom stereocenters. The highest BCUT2D eigenvalue weighted by Crippen LogP contribution is 2.21. The molecular formula is C17H23NO2. The molecule has 2 rings (SSSR count). The van der Waals surface area contributed by atoms with Crippen LogP contribution in [-0.2, 0) is 11.2 Å². The molecule has 0 saturated heterocycles. The first-order valence-electron chi connectivity index (χ1n) is 7.39. The molecule has 0 aromatic heterocycles. The van der Waals surface area contributed by atoms with Gasteiger partial charge in [-0.05, 0) is 30.7 Å². The number of nitrogens with zero attached hydrogens (tertiary/aromatic N) is 1. The van der Waals surface area contributed by atoms with E-state index in [9.17, 15) is 4.79 Å². The van der Waals surface area contributed by atoms with E-state index in [-0.39, 0.29) is 12.5 Å². The number of amides is 1. The maximum Gasteiger partial charge on any atom is 0.223 e. The minimum Gasteiger partial charge on any atom is -0.395 e. The number of carbonyl (C=O) groups excluding carboxylic acids is 1. The van der Waals surface area contributed by atoms with E-state index >= 15 is 0 Å². The summed E-state index contributed by atoms with van der Waals surface area (Å²) in [6, 6.07) is 10.2. The Balaban J connectivity index is 1.85. The van der Waals surface area contributed by atoms with Crippen molar-refractivity contribution in [1.29, 1.82) is 0 Å². The zero-order chi connectivity index (χ0) is 14.2. The number of aliphatic hydroxyl groups excluding tert-OH is 1. The SMILES string of the molecule is O=C(CC1C=CCC1)N(CCO)CCc1ccccc1. The van der Waals surface area contributed by atoms with Gasteiger partial charge in [0.2, 0.25) is 5.91 Å². The third-order valence-electron chi connectivity index (χ3n) is 3.79. The quantitative estimate of drug-likeness (QED) is 0.775. The molecule has 108 valence electrons. The van der Waals surface area contributed by atoms with Crippen molar-refractivity contribution in [3.05, 3.63) is 48.0 Å². The summed E-state index contributed by atoms with van der Waals surface area (Å²) < 4.78 is 0. The number of hydrogen-bond acceptors (Lipinski definition) is 2. The van der Waals surface area contributed by atoms with Crippen LogP contribution in [0.2, 0.25) is 0 Å². The van der Waals surface area contributed by atoms with Gasteiger partial charge in [-0.15, -0.1) is 0 Å². The van der Waals surface area contributed by atoms with E-state index in [0.717, 1.165) is 19.3 Å². The van der Waals surface area contributed by atoms with E-state index in [1.54, 1.807) is 4.90 Å². The Labute approximate surface area is 120 Å². The molecule has 1 aliphatic carbocycles. The molecule has 0 aliphatic heterocycles. The first kappa shape index (κ1) is 14.8. The second-order valence-corrected chi connectivity index (χ2v) is 5.31. The first-order valence-corrected chi connectivity index (χ1v) is 7.39. The van der Waals surface area contributed by atoms with Crippen LogP contribution >= 0.6 is 0 Å². The summed E-state index contributed by atoms with van der Waals surface area (Å²) >= 11 is 0. The fourth-order valence-corrected chi connectivity index (χ4v) is 2.61. The highest BCUT2D eigenvalue weighted by molar-refractivity contribution is 5.76. The number of allylic oxidation sites excluding steroid dienone is 2. The smallest absolute Gasteiger partial charge is 0.223 e. The highest BCUT2D eigenvalue weighted by atomic mass is 16.3. The van der Waals surface area contributed by atoms with Gasteiger partial charge in [0, 0.05) is 19.5 Å². The summed E-state index contributed by atoms with van der Waals surface area (Å²) in [7, 11) is 0. The van der Waals surface area contributed by atoms with Crippen LogP contribution in [0, 0.1) is 5.92 Å². The van der Waals surface area contributed by atoms with Crippen molar-refractivity contribution >= 4 is 5.91 Å². The van der Waals surface area contributed by atoms with Crippen molar-refractivity contribution < 1.29 is 9.90 Å². The van der Waals surface area contributed by atoms with Gasteiger partial charge in [-0.1, -0.05) is 42.5 Å². The zero-order valence-corrected chi connectivity index (χ0v) is 11.9. The molecule has 1 N–H and O–H groups in total. The predicted molar refractivity (Wildman–Crippen MR) is 80.3 cm³/mol. The van der Waals surface area contributed by atoms with Crippen molar-refractivity contribution in [1.82, 2.24) is 4.90 Å². The van der Waals surface area contributed by atoms with Gasteiger partial charge in [0.1, 0.15) is 0 Å². The molecule has 3 nitrogen and oxygen atoms in total. The maximum absolute atomic E-state index is 12.3. The Morgan fingerprint density at radius 2 is 2.05 bits per heavy atom. The second-order valence-electron chi connectivity index (χ2n) is 5.31. The van der Waals surface area contributed by atoms with Crippen LogP contribution in [0.5, 0.6) is 0 Å². The normalized spacial score (nSPS) is 17.4. The van der Waals surface area contributed by atoms with Crippen molar-refractivity contribution in [2.75, 3.05) is 19.7 Å². The van der Waals surface area contributed by atoms with Gasteiger partial charge in [-0.3, -0.25) is 4.79 Å². The summed E-state index contributed by atoms with van der Waals surface area (Å²) in [6.07, 6.45) is 7.88. The van der Waals surface area contributed by atoms with E-state index < -0.39 is 0 Å². The maximum atomic E-state index is 12.3. The molecule has 20 heavy (non-hydrogen) atoms. The molecule has 3 heteroatoms. The molecule has 0 fully saturated rings. The Hall–Kier alpha value is -1.61. The zero-order valence-electron chi connectivity index (χ0n) is 11.9. The van der Waals surface area contributed by atoms with E-state index in [2.05, 4.69) is 24.3 Å². The van der Waals surface area contributed by atoms with Crippen LogP contribution in [0.3, 0.4) is 0 Å². The Bertz CT molecular complexity index is 442. The highest BCUT2D eigenvalue weighted by Gasteiger charge is 2.18. The third-order valence-corrected chi connectivity index (χ3v) is 3.79. The van der Waals surface area contributed by atoms with Gasteiger partial charge in [0.05, 0.1) is 6.61 Å². The molecule has 0 saturated carbocycles. The van der Waals surface area contributed by atoms with Crippen molar-refractivity contribution in [2.24, 2.45) is 5.92 Å². The van der Waals surface area contributed by atoms with E-state index in [1.807, 2.05) is 18.2 Å².